The van der Waals surface area contributed by atoms with Crippen LogP contribution in [0.3, 0.4) is 0 Å². The summed E-state index contributed by atoms with van der Waals surface area (Å²) in [7, 11) is 3.36. The van der Waals surface area contributed by atoms with E-state index in [1.807, 2.05) is 20.8 Å². The van der Waals surface area contributed by atoms with Crippen molar-refractivity contribution in [1.29, 1.82) is 0 Å². The molecule has 0 aromatic heterocycles. The van der Waals surface area contributed by atoms with Gasteiger partial charge in [-0.15, -0.1) is 11.8 Å². The first-order chi connectivity index (χ1) is 25.7. The van der Waals surface area contributed by atoms with Crippen molar-refractivity contribution in [3.05, 3.63) is 72.3 Å². The highest BCUT2D eigenvalue weighted by atomic mass is 32.2. The molecule has 0 aliphatic carbocycles. The normalized spacial score (nSPS) is 13.8. The second-order valence-corrected chi connectivity index (χ2v) is 13.8. The van der Waals surface area contributed by atoms with Gasteiger partial charge in [0.2, 0.25) is 0 Å². The molecule has 0 spiro atoms. The van der Waals surface area contributed by atoms with Crippen LogP contribution in [-0.4, -0.2) is 73.8 Å². The molecule has 12 heteroatoms. The Morgan fingerprint density at radius 1 is 1.00 bits per heavy atom. The number of benzene rings is 3. The number of nitrogens with zero attached hydrogens (tertiary/aromatic N) is 1. The Morgan fingerprint density at radius 3 is 2.08 bits per heavy atom. The van der Waals surface area contributed by atoms with Gasteiger partial charge in [0.15, 0.2) is 6.29 Å². The van der Waals surface area contributed by atoms with Crippen molar-refractivity contribution in [3.63, 3.8) is 0 Å². The van der Waals surface area contributed by atoms with E-state index in [-0.39, 0.29) is 30.0 Å². The number of phenols is 1. The number of hydrogen-bond acceptors (Lipinski definition) is 11. The van der Waals surface area contributed by atoms with Crippen LogP contribution in [0.5, 0.6) is 11.5 Å². The Hall–Kier alpha value is -3.55. The minimum absolute atomic E-state index is 0.0366. The number of rotatable bonds is 17. The van der Waals surface area contributed by atoms with Gasteiger partial charge in [0.1, 0.15) is 30.4 Å². The summed E-state index contributed by atoms with van der Waals surface area (Å²) in [6.45, 7) is 11.4. The Kier molecular flexibility index (Phi) is 24.3. The SMILES string of the molecule is CC.CCC(NC)C(=O)O.CCCCC1(CCCC)CN(c2ccccc2)c2cc(SC)c(OCC=O)cc2SN1.CNC(C=O)c1ccc(O)cc1. The maximum Gasteiger partial charge on any atom is 0.320 e. The molecule has 0 saturated heterocycles. The van der Waals surface area contributed by atoms with E-state index >= 15 is 0 Å². The van der Waals surface area contributed by atoms with Gasteiger partial charge >= 0.3 is 5.97 Å². The van der Waals surface area contributed by atoms with Crippen LogP contribution in [0.2, 0.25) is 0 Å². The van der Waals surface area contributed by atoms with Crippen molar-refractivity contribution in [2.75, 3.05) is 38.4 Å². The summed E-state index contributed by atoms with van der Waals surface area (Å²) in [4.78, 5) is 36.1. The molecule has 1 aliphatic heterocycles. The van der Waals surface area contributed by atoms with Crippen molar-refractivity contribution in [1.82, 2.24) is 15.4 Å². The molecule has 3 aromatic carbocycles. The second-order valence-electron chi connectivity index (χ2n) is 12.1. The van der Waals surface area contributed by atoms with Crippen LogP contribution in [0.4, 0.5) is 11.4 Å². The van der Waals surface area contributed by atoms with Crippen LogP contribution >= 0.6 is 23.7 Å². The van der Waals surface area contributed by atoms with Crippen molar-refractivity contribution >= 4 is 53.6 Å². The number of phenolic OH excluding ortho intramolecular Hbond substituents is 1. The molecule has 0 bridgehead atoms. The molecule has 10 nitrogen and oxygen atoms in total. The first-order valence-corrected chi connectivity index (χ1v) is 20.6. The number of ether oxygens (including phenoxy) is 1. The molecular formula is C41H62N4O6S2. The van der Waals surface area contributed by atoms with Gasteiger partial charge < -0.3 is 35.3 Å². The van der Waals surface area contributed by atoms with Crippen molar-refractivity contribution in [2.45, 2.75) is 107 Å². The van der Waals surface area contributed by atoms with E-state index < -0.39 is 5.97 Å². The number of fused-ring (bicyclic) bond motifs is 1. The number of carbonyl (C=O) groups excluding carboxylic acids is 2. The third kappa shape index (κ3) is 15.8. The summed E-state index contributed by atoms with van der Waals surface area (Å²) in [6.07, 6.45) is 11.4. The first-order valence-electron chi connectivity index (χ1n) is 18.5. The summed E-state index contributed by atoms with van der Waals surface area (Å²) in [5, 5.41) is 22.8. The maximum atomic E-state index is 10.9. The number of unbranched alkanes of at least 4 members (excludes halogenated alkanes) is 2. The summed E-state index contributed by atoms with van der Waals surface area (Å²) in [5.41, 5.74) is 3.29. The fraction of sp³-hybridized carbons (Fsp3) is 0.488. The highest BCUT2D eigenvalue weighted by Gasteiger charge is 2.36. The Labute approximate surface area is 326 Å². The number of hydrogen-bond donors (Lipinski definition) is 5. The van der Waals surface area contributed by atoms with Crippen LogP contribution in [0.25, 0.3) is 0 Å². The molecule has 3 aromatic rings. The third-order valence-electron chi connectivity index (χ3n) is 8.52. The minimum Gasteiger partial charge on any atom is -0.508 e. The molecule has 0 amide bonds. The lowest BCUT2D eigenvalue weighted by Crippen LogP contribution is -2.49. The van der Waals surface area contributed by atoms with Gasteiger partial charge in [-0.1, -0.05) is 90.6 Å². The average molecular weight is 771 g/mol. The molecule has 2 unspecified atom stereocenters. The number of likely N-dealkylation sites (N-methyl/N-ethyl adjacent to an activating group) is 2. The number of anilines is 2. The predicted octanol–water partition coefficient (Wildman–Crippen LogP) is 8.80. The maximum absolute atomic E-state index is 10.9. The van der Waals surface area contributed by atoms with Crippen molar-refractivity contribution < 1.29 is 29.3 Å². The number of para-hydroxylation sites is 1. The van der Waals surface area contributed by atoms with E-state index in [0.29, 0.717) is 6.42 Å². The number of carbonyl (C=O) groups is 3. The number of nitrogens with one attached hydrogen (secondary N) is 3. The van der Waals surface area contributed by atoms with E-state index in [4.69, 9.17) is 14.9 Å². The minimum atomic E-state index is -0.782. The van der Waals surface area contributed by atoms with Crippen molar-refractivity contribution in [3.8, 4) is 11.5 Å². The van der Waals surface area contributed by atoms with Gasteiger partial charge in [-0.25, -0.2) is 0 Å². The van der Waals surface area contributed by atoms with Crippen LogP contribution in [0, 0.1) is 0 Å². The molecule has 5 N–H and O–H groups in total. The van der Waals surface area contributed by atoms with Gasteiger partial charge in [0.25, 0.3) is 0 Å². The zero-order valence-corrected chi connectivity index (χ0v) is 34.4. The number of aldehydes is 2. The predicted molar refractivity (Wildman–Crippen MR) is 222 cm³/mol. The summed E-state index contributed by atoms with van der Waals surface area (Å²) in [5.74, 6) is 0.199. The largest absolute Gasteiger partial charge is 0.508 e. The molecule has 53 heavy (non-hydrogen) atoms. The number of thioether (sulfide) groups is 1. The smallest absolute Gasteiger partial charge is 0.320 e. The van der Waals surface area contributed by atoms with Crippen LogP contribution in [-0.2, 0) is 14.4 Å². The second kappa shape index (κ2) is 27.1. The van der Waals surface area contributed by atoms with E-state index in [1.54, 1.807) is 62.1 Å². The lowest BCUT2D eigenvalue weighted by molar-refractivity contribution is -0.139. The molecule has 294 valence electrons. The van der Waals surface area contributed by atoms with Crippen molar-refractivity contribution in [2.24, 2.45) is 0 Å². The molecule has 2 atom stereocenters. The number of aliphatic carboxylic acids is 1. The monoisotopic (exact) mass is 770 g/mol. The fourth-order valence-electron chi connectivity index (χ4n) is 5.55. The fourth-order valence-corrected chi connectivity index (χ4v) is 7.14. The van der Waals surface area contributed by atoms with E-state index in [1.165, 1.54) is 37.1 Å². The molecule has 0 radical (unpaired) electrons. The summed E-state index contributed by atoms with van der Waals surface area (Å²) < 4.78 is 9.64. The standard InChI is InChI=1S/C25H34N2O2S2.C9H11NO2.C5H11NO2.C2H6/c1-4-6-13-25(14-7-5-2)19-27(20-11-9-8-10-12-20)21-17-24(30-3)22(29-16-15-28)18-23(21)31-26-25;1-10-9(6-11)7-2-4-8(12)5-3-7;1-3-4(6-2)5(7)8;1-2/h8-12,15,17-18,26H,4-7,13-14,16,19H2,1-3H3;2-6,9-10,12H,1H3;4,6H,3H2,1-2H3,(H,7,8);1-2H3. The molecule has 0 saturated carbocycles. The highest BCUT2D eigenvalue weighted by Crippen LogP contribution is 2.45. The summed E-state index contributed by atoms with van der Waals surface area (Å²) >= 11 is 3.37. The van der Waals surface area contributed by atoms with Gasteiger partial charge in [-0.3, -0.25) is 14.3 Å². The van der Waals surface area contributed by atoms with Gasteiger partial charge in [0.05, 0.1) is 21.5 Å². The first kappa shape index (κ1) is 47.5. The van der Waals surface area contributed by atoms with Crippen LogP contribution in [0.1, 0.15) is 91.2 Å². The lowest BCUT2D eigenvalue weighted by Gasteiger charge is -2.38. The molecule has 1 heterocycles. The zero-order chi connectivity index (χ0) is 39.6. The molecule has 0 fully saturated rings. The topological polar surface area (TPSA) is 140 Å². The van der Waals surface area contributed by atoms with E-state index in [9.17, 15) is 14.4 Å². The van der Waals surface area contributed by atoms with Crippen LogP contribution < -0.4 is 25.0 Å². The van der Waals surface area contributed by atoms with Gasteiger partial charge in [-0.05, 0) is 93.5 Å². The van der Waals surface area contributed by atoms with E-state index in [0.717, 1.165) is 53.1 Å². The van der Waals surface area contributed by atoms with E-state index in [2.05, 4.69) is 82.8 Å². The highest BCUT2D eigenvalue weighted by molar-refractivity contribution is 7.98. The number of aromatic hydroxyl groups is 1. The molecular weight excluding hydrogens is 709 g/mol. The zero-order valence-electron chi connectivity index (χ0n) is 32.8. The van der Waals surface area contributed by atoms with Gasteiger partial charge in [0, 0.05) is 17.8 Å². The summed E-state index contributed by atoms with van der Waals surface area (Å²) in [6, 6.07) is 20.9. The Morgan fingerprint density at radius 2 is 1.62 bits per heavy atom. The van der Waals surface area contributed by atoms with Crippen LogP contribution in [0.15, 0.2) is 76.5 Å². The quantitative estimate of drug-likeness (QED) is 0.0509. The lowest BCUT2D eigenvalue weighted by atomic mass is 9.87. The Bertz CT molecular complexity index is 1450. The number of carboxylic acids is 1. The number of carboxylic acid groups (broad SMARTS) is 1. The third-order valence-corrected chi connectivity index (χ3v) is 10.4. The Balaban J connectivity index is 0.000000521. The average Bonchev–Trinajstić information content (AvgIpc) is 3.35. The van der Waals surface area contributed by atoms with Gasteiger partial charge in [-0.2, -0.15) is 0 Å². The molecule has 4 rings (SSSR count). The molecule has 1 aliphatic rings.